The molecular formula is C19H25N3O3. The molecule has 1 saturated heterocycles. The van der Waals surface area contributed by atoms with Crippen molar-refractivity contribution >= 4 is 0 Å². The van der Waals surface area contributed by atoms with Crippen LogP contribution in [0.4, 0.5) is 0 Å². The molecule has 3 heterocycles. The lowest BCUT2D eigenvalue weighted by atomic mass is 9.82. The van der Waals surface area contributed by atoms with E-state index in [2.05, 4.69) is 22.0 Å². The van der Waals surface area contributed by atoms with Crippen molar-refractivity contribution in [1.29, 1.82) is 0 Å². The zero-order valence-corrected chi connectivity index (χ0v) is 14.6. The second-order valence-corrected chi connectivity index (χ2v) is 7.41. The number of benzene rings is 1. The molecule has 25 heavy (non-hydrogen) atoms. The number of nitrogens with zero attached hydrogens (tertiary/aromatic N) is 2. The molecule has 1 aromatic heterocycles. The number of hydrogen-bond donors (Lipinski definition) is 2. The largest absolute Gasteiger partial charge is 0.486 e. The maximum absolute atomic E-state index is 9.67. The average Bonchev–Trinajstić information content (AvgIpc) is 3.09. The molecule has 4 rings (SSSR count). The van der Waals surface area contributed by atoms with Crippen LogP contribution in [-0.2, 0) is 6.54 Å². The summed E-state index contributed by atoms with van der Waals surface area (Å²) >= 11 is 0. The molecule has 1 atom stereocenters. The van der Waals surface area contributed by atoms with Crippen molar-refractivity contribution in [1.82, 2.24) is 15.1 Å². The molecular weight excluding hydrogens is 318 g/mol. The first-order valence-corrected chi connectivity index (χ1v) is 8.92. The molecule has 0 spiro atoms. The number of piperidine rings is 1. The van der Waals surface area contributed by atoms with Gasteiger partial charge in [0.05, 0.1) is 11.9 Å². The zero-order chi connectivity index (χ0) is 17.3. The minimum Gasteiger partial charge on any atom is -0.486 e. The Morgan fingerprint density at radius 2 is 2.12 bits per heavy atom. The molecule has 0 amide bonds. The second kappa shape index (κ2) is 6.69. The van der Waals surface area contributed by atoms with Gasteiger partial charge in [-0.3, -0.25) is 10.00 Å². The van der Waals surface area contributed by atoms with E-state index in [0.29, 0.717) is 13.2 Å². The Kier molecular flexibility index (Phi) is 4.39. The van der Waals surface area contributed by atoms with Crippen LogP contribution in [0.5, 0.6) is 11.5 Å². The van der Waals surface area contributed by atoms with E-state index in [0.717, 1.165) is 55.2 Å². The molecule has 0 radical (unpaired) electrons. The highest BCUT2D eigenvalue weighted by Crippen LogP contribution is 2.36. The highest BCUT2D eigenvalue weighted by molar-refractivity contribution is 5.66. The molecule has 2 aliphatic rings. The van der Waals surface area contributed by atoms with Gasteiger partial charge in [0.25, 0.3) is 0 Å². The van der Waals surface area contributed by atoms with Crippen molar-refractivity contribution in [3.63, 3.8) is 0 Å². The normalized spacial score (nSPS) is 23.6. The fraction of sp³-hybridized carbons (Fsp3) is 0.526. The lowest BCUT2D eigenvalue weighted by molar-refractivity contribution is 0.0430. The maximum atomic E-state index is 9.67. The molecule has 1 fully saturated rings. The number of aliphatic hydroxyl groups is 1. The fourth-order valence-electron chi connectivity index (χ4n) is 3.81. The van der Waals surface area contributed by atoms with Gasteiger partial charge < -0.3 is 14.6 Å². The van der Waals surface area contributed by atoms with Crippen LogP contribution in [-0.4, -0.2) is 53.1 Å². The van der Waals surface area contributed by atoms with Crippen molar-refractivity contribution in [2.75, 3.05) is 32.9 Å². The lowest BCUT2D eigenvalue weighted by Gasteiger charge is -2.39. The van der Waals surface area contributed by atoms with Crippen LogP contribution < -0.4 is 9.47 Å². The van der Waals surface area contributed by atoms with Crippen LogP contribution in [0.25, 0.3) is 11.3 Å². The molecule has 0 aliphatic carbocycles. The first-order chi connectivity index (χ1) is 12.2. The average molecular weight is 343 g/mol. The molecule has 2 aliphatic heterocycles. The summed E-state index contributed by atoms with van der Waals surface area (Å²) in [5, 5.41) is 17.1. The monoisotopic (exact) mass is 343 g/mol. The van der Waals surface area contributed by atoms with E-state index in [1.165, 1.54) is 5.56 Å². The summed E-state index contributed by atoms with van der Waals surface area (Å²) in [5.41, 5.74) is 3.24. The molecule has 2 aromatic rings. The molecule has 6 nitrogen and oxygen atoms in total. The molecule has 0 bridgehead atoms. The summed E-state index contributed by atoms with van der Waals surface area (Å²) in [6.45, 7) is 6.38. The Morgan fingerprint density at radius 1 is 1.28 bits per heavy atom. The molecule has 134 valence electrons. The lowest BCUT2D eigenvalue weighted by Crippen LogP contribution is -2.43. The topological polar surface area (TPSA) is 70.6 Å². The third kappa shape index (κ3) is 3.37. The van der Waals surface area contributed by atoms with Gasteiger partial charge in [0.1, 0.15) is 13.2 Å². The van der Waals surface area contributed by atoms with Crippen molar-refractivity contribution in [2.45, 2.75) is 26.3 Å². The predicted molar refractivity (Wildman–Crippen MR) is 94.7 cm³/mol. The van der Waals surface area contributed by atoms with Crippen molar-refractivity contribution in [3.8, 4) is 22.8 Å². The summed E-state index contributed by atoms with van der Waals surface area (Å²) in [5.74, 6) is 1.58. The SMILES string of the molecule is CC1(CO)CCCN(Cc2cn[nH]c2-c2ccc3c(c2)OCCO3)C1. The van der Waals surface area contributed by atoms with Crippen LogP contribution >= 0.6 is 0 Å². The van der Waals surface area contributed by atoms with Gasteiger partial charge in [-0.1, -0.05) is 6.92 Å². The second-order valence-electron chi connectivity index (χ2n) is 7.41. The van der Waals surface area contributed by atoms with E-state index < -0.39 is 0 Å². The molecule has 1 unspecified atom stereocenters. The Morgan fingerprint density at radius 3 is 2.96 bits per heavy atom. The van der Waals surface area contributed by atoms with Crippen LogP contribution in [0.1, 0.15) is 25.3 Å². The number of nitrogens with one attached hydrogen (secondary N) is 1. The van der Waals surface area contributed by atoms with Crippen molar-refractivity contribution in [3.05, 3.63) is 30.0 Å². The summed E-state index contributed by atoms with van der Waals surface area (Å²) in [6.07, 6.45) is 4.10. The fourth-order valence-corrected chi connectivity index (χ4v) is 3.81. The van der Waals surface area contributed by atoms with E-state index >= 15 is 0 Å². The van der Waals surface area contributed by atoms with Gasteiger partial charge in [0, 0.05) is 36.2 Å². The summed E-state index contributed by atoms with van der Waals surface area (Å²) in [7, 11) is 0. The number of H-pyrrole nitrogens is 1. The van der Waals surface area contributed by atoms with E-state index in [1.54, 1.807) is 0 Å². The summed E-state index contributed by atoms with van der Waals surface area (Å²) in [4.78, 5) is 2.41. The summed E-state index contributed by atoms with van der Waals surface area (Å²) in [6, 6.07) is 6.01. The number of fused-ring (bicyclic) bond motifs is 1. The van der Waals surface area contributed by atoms with Gasteiger partial charge in [0.15, 0.2) is 11.5 Å². The third-order valence-electron chi connectivity index (χ3n) is 5.18. The Hall–Kier alpha value is -2.05. The first kappa shape index (κ1) is 16.4. The number of likely N-dealkylation sites (tertiary alicyclic amines) is 1. The standard InChI is InChI=1S/C19H25N3O3/c1-19(13-23)5-2-6-22(12-19)11-15-10-20-21-18(15)14-3-4-16-17(9-14)25-8-7-24-16/h3-4,9-10,23H,2,5-8,11-13H2,1H3,(H,20,21). The van der Waals surface area contributed by atoms with Gasteiger partial charge >= 0.3 is 0 Å². The quantitative estimate of drug-likeness (QED) is 0.892. The maximum Gasteiger partial charge on any atom is 0.162 e. The highest BCUT2D eigenvalue weighted by Gasteiger charge is 2.30. The number of aromatic nitrogens is 2. The van der Waals surface area contributed by atoms with Gasteiger partial charge in [-0.2, -0.15) is 5.10 Å². The smallest absolute Gasteiger partial charge is 0.162 e. The molecule has 2 N–H and O–H groups in total. The van der Waals surface area contributed by atoms with E-state index in [4.69, 9.17) is 9.47 Å². The third-order valence-corrected chi connectivity index (χ3v) is 5.18. The summed E-state index contributed by atoms with van der Waals surface area (Å²) < 4.78 is 11.3. The van der Waals surface area contributed by atoms with Gasteiger partial charge in [0.2, 0.25) is 0 Å². The predicted octanol–water partition coefficient (Wildman–Crippen LogP) is 2.44. The number of ether oxygens (including phenoxy) is 2. The highest BCUT2D eigenvalue weighted by atomic mass is 16.6. The molecule has 1 aromatic carbocycles. The van der Waals surface area contributed by atoms with E-state index in [9.17, 15) is 5.11 Å². The number of aliphatic hydroxyl groups excluding tert-OH is 1. The van der Waals surface area contributed by atoms with Crippen molar-refractivity contribution < 1.29 is 14.6 Å². The van der Waals surface area contributed by atoms with Crippen LogP contribution in [0.3, 0.4) is 0 Å². The molecule has 0 saturated carbocycles. The van der Waals surface area contributed by atoms with Crippen LogP contribution in [0.15, 0.2) is 24.4 Å². The minimum atomic E-state index is -0.000846. The first-order valence-electron chi connectivity index (χ1n) is 8.92. The van der Waals surface area contributed by atoms with Crippen LogP contribution in [0.2, 0.25) is 0 Å². The molecule has 6 heteroatoms. The van der Waals surface area contributed by atoms with Gasteiger partial charge in [-0.05, 0) is 37.6 Å². The Bertz CT molecular complexity index is 745. The number of aromatic amines is 1. The zero-order valence-electron chi connectivity index (χ0n) is 14.6. The number of rotatable bonds is 4. The van der Waals surface area contributed by atoms with Crippen molar-refractivity contribution in [2.24, 2.45) is 5.41 Å². The van der Waals surface area contributed by atoms with Crippen LogP contribution in [0, 0.1) is 5.41 Å². The Balaban J connectivity index is 1.55. The van der Waals surface area contributed by atoms with E-state index in [1.807, 2.05) is 24.4 Å². The number of hydrogen-bond acceptors (Lipinski definition) is 5. The Labute approximate surface area is 147 Å². The van der Waals surface area contributed by atoms with Gasteiger partial charge in [-0.25, -0.2) is 0 Å². The van der Waals surface area contributed by atoms with Gasteiger partial charge in [-0.15, -0.1) is 0 Å². The van der Waals surface area contributed by atoms with E-state index in [-0.39, 0.29) is 12.0 Å². The minimum absolute atomic E-state index is 0.000846.